The average molecular weight is 713 g/mol. The fourth-order valence-electron chi connectivity index (χ4n) is 8.13. The van der Waals surface area contributed by atoms with E-state index < -0.39 is 29.5 Å². The van der Waals surface area contributed by atoms with Crippen LogP contribution in [-0.2, 0) is 6.42 Å². The maximum Gasteiger partial charge on any atom is 0.339 e. The number of nitrogens with zero attached hydrogens (tertiary/aromatic N) is 2. The minimum absolute atomic E-state index is 0.0407. The van der Waals surface area contributed by atoms with E-state index in [0.717, 1.165) is 41.7 Å². The van der Waals surface area contributed by atoms with Crippen molar-refractivity contribution in [1.82, 2.24) is 9.88 Å². The molecule has 0 spiro atoms. The van der Waals surface area contributed by atoms with Crippen molar-refractivity contribution in [2.24, 2.45) is 11.8 Å². The van der Waals surface area contributed by atoms with Gasteiger partial charge in [0.05, 0.1) is 18.7 Å². The van der Waals surface area contributed by atoms with Crippen molar-refractivity contribution < 1.29 is 39.9 Å². The molecule has 270 valence electrons. The third kappa shape index (κ3) is 6.63. The van der Waals surface area contributed by atoms with Crippen LogP contribution < -0.4 is 4.74 Å². The predicted molar refractivity (Wildman–Crippen MR) is 203 cm³/mol. The zero-order valence-electron chi connectivity index (χ0n) is 29.1. The number of methoxy groups -OCH3 is 1. The van der Waals surface area contributed by atoms with E-state index in [1.807, 2.05) is 24.3 Å². The molecule has 10 heteroatoms. The summed E-state index contributed by atoms with van der Waals surface area (Å²) >= 11 is 0. The van der Waals surface area contributed by atoms with Gasteiger partial charge in [-0.3, -0.25) is 9.88 Å². The Bertz CT molecular complexity index is 2290. The summed E-state index contributed by atoms with van der Waals surface area (Å²) in [5.41, 5.74) is 1.96. The van der Waals surface area contributed by atoms with Gasteiger partial charge >= 0.3 is 11.9 Å². The molecular weight excluding hydrogens is 672 g/mol. The summed E-state index contributed by atoms with van der Waals surface area (Å²) < 4.78 is 5.35. The molecule has 0 radical (unpaired) electrons. The Balaban J connectivity index is 0.000000167. The fourth-order valence-corrected chi connectivity index (χ4v) is 8.13. The molecule has 3 aliphatic rings. The summed E-state index contributed by atoms with van der Waals surface area (Å²) in [5, 5.41) is 54.9. The summed E-state index contributed by atoms with van der Waals surface area (Å²) in [6.45, 7) is 6.07. The van der Waals surface area contributed by atoms with Crippen molar-refractivity contribution in [3.05, 3.63) is 132 Å². The van der Waals surface area contributed by atoms with E-state index in [9.17, 15) is 35.1 Å². The number of aromatic carboxylic acids is 2. The molecule has 3 fully saturated rings. The van der Waals surface area contributed by atoms with Gasteiger partial charge in [0, 0.05) is 41.7 Å². The van der Waals surface area contributed by atoms with E-state index in [1.165, 1.54) is 18.6 Å². The molecule has 10 nitrogen and oxygen atoms in total. The number of ether oxygens (including phenoxy) is 1. The summed E-state index contributed by atoms with van der Waals surface area (Å²) in [6.07, 6.45) is 5.58. The summed E-state index contributed by atoms with van der Waals surface area (Å²) in [6, 6.07) is 24.7. The number of fused-ring (bicyclic) bond motifs is 6. The molecule has 2 bridgehead atoms. The van der Waals surface area contributed by atoms with Gasteiger partial charge in [-0.15, -0.1) is 6.58 Å². The highest BCUT2D eigenvalue weighted by Crippen LogP contribution is 2.43. The number of aromatic nitrogens is 1. The first kappa shape index (κ1) is 35.4. The van der Waals surface area contributed by atoms with E-state index >= 15 is 0 Å². The highest BCUT2D eigenvalue weighted by molar-refractivity contribution is 6.02. The van der Waals surface area contributed by atoms with Crippen molar-refractivity contribution in [3.63, 3.8) is 0 Å². The number of hydrogen-bond donors (Lipinski definition) is 5. The van der Waals surface area contributed by atoms with Gasteiger partial charge in [-0.1, -0.05) is 54.6 Å². The fraction of sp³-hybridized carbons (Fsp3) is 0.233. The van der Waals surface area contributed by atoms with Gasteiger partial charge in [-0.2, -0.15) is 0 Å². The number of carboxylic acids is 2. The number of aliphatic hydroxyl groups excluding tert-OH is 1. The monoisotopic (exact) mass is 712 g/mol. The normalized spacial score (nSPS) is 19.7. The van der Waals surface area contributed by atoms with E-state index in [-0.39, 0.29) is 23.6 Å². The number of pyridine rings is 1. The Hall–Kier alpha value is -5.97. The van der Waals surface area contributed by atoms with E-state index in [0.29, 0.717) is 44.5 Å². The lowest BCUT2D eigenvalue weighted by atomic mass is 9.73. The minimum Gasteiger partial charge on any atom is -0.507 e. The first-order valence-corrected chi connectivity index (χ1v) is 17.5. The van der Waals surface area contributed by atoms with Gasteiger partial charge < -0.3 is 30.3 Å². The molecule has 6 aromatic rings. The maximum atomic E-state index is 11.6. The van der Waals surface area contributed by atoms with Crippen molar-refractivity contribution in [2.45, 2.75) is 31.4 Å². The van der Waals surface area contributed by atoms with Gasteiger partial charge in [0.25, 0.3) is 0 Å². The molecule has 5 aromatic carbocycles. The number of aromatic hydroxyl groups is 2. The number of phenols is 2. The highest BCUT2D eigenvalue weighted by Gasteiger charge is 2.42. The molecular formula is C43H40N2O8. The summed E-state index contributed by atoms with van der Waals surface area (Å²) in [4.78, 5) is 30.1. The van der Waals surface area contributed by atoms with Gasteiger partial charge in [-0.05, 0) is 94.7 Å². The Labute approximate surface area is 305 Å². The van der Waals surface area contributed by atoms with Crippen LogP contribution in [0.5, 0.6) is 17.2 Å². The maximum absolute atomic E-state index is 11.6. The summed E-state index contributed by atoms with van der Waals surface area (Å²) in [5.74, 6) is -1.35. The second-order valence-corrected chi connectivity index (χ2v) is 13.7. The molecule has 53 heavy (non-hydrogen) atoms. The molecule has 0 unspecified atom stereocenters. The number of carbonyl (C=O) groups is 2. The Morgan fingerprint density at radius 2 is 1.49 bits per heavy atom. The van der Waals surface area contributed by atoms with Crippen LogP contribution in [0.4, 0.5) is 0 Å². The van der Waals surface area contributed by atoms with Crippen LogP contribution >= 0.6 is 0 Å². The zero-order chi connectivity index (χ0) is 37.4. The number of hydrogen-bond acceptors (Lipinski definition) is 8. The van der Waals surface area contributed by atoms with Crippen LogP contribution in [0.2, 0.25) is 0 Å². The Morgan fingerprint density at radius 1 is 0.887 bits per heavy atom. The topological polar surface area (TPSA) is 161 Å². The van der Waals surface area contributed by atoms with Crippen LogP contribution in [0.3, 0.4) is 0 Å². The molecule has 1 aromatic heterocycles. The smallest absolute Gasteiger partial charge is 0.339 e. The van der Waals surface area contributed by atoms with Gasteiger partial charge in [0.15, 0.2) is 0 Å². The third-order valence-corrected chi connectivity index (χ3v) is 10.9. The van der Waals surface area contributed by atoms with E-state index in [2.05, 4.69) is 22.5 Å². The molecule has 0 saturated carbocycles. The van der Waals surface area contributed by atoms with Crippen LogP contribution in [0, 0.1) is 11.8 Å². The standard InChI is InChI=1S/C23H16O6.C20H24N2O2/c24-20-16(14-7-3-1-5-12(14)9-18(20)22(26)27)11-17-15-8-4-2-6-13(15)10-19(21(17)25)23(28)29;1-3-13-12-22-9-7-14(13)10-19(22)20(23)16-6-8-21-18-5-4-15(24-2)11-17(16)18/h1-10,24-25H,11H2,(H,26,27)(H,28,29);3-6,8,11,13-14,19-20,23H,1,7,9-10,12H2,2H3/t;13-,14-,19+,20-/m.0/s1. The number of piperidine rings is 3. The van der Waals surface area contributed by atoms with Crippen LogP contribution in [0.25, 0.3) is 32.4 Å². The lowest BCUT2D eigenvalue weighted by molar-refractivity contribution is -0.0444. The second kappa shape index (κ2) is 14.6. The average Bonchev–Trinajstić information content (AvgIpc) is 3.18. The number of aliphatic hydroxyl groups is 1. The molecule has 5 atom stereocenters. The molecule has 4 heterocycles. The zero-order valence-corrected chi connectivity index (χ0v) is 29.1. The van der Waals surface area contributed by atoms with E-state index in [4.69, 9.17) is 4.74 Å². The predicted octanol–water partition coefficient (Wildman–Crippen LogP) is 7.56. The SMILES string of the molecule is C=C[C@H]1C[N@]2CC[C@H]1C[C@@H]2[C@@H](O)c1ccnc2ccc(OC)cc12.O=C(O)c1cc2ccccc2c(Cc2c(O)c(C(=O)O)cc3ccccc23)c1O. The first-order chi connectivity index (χ1) is 25.6. The van der Waals surface area contributed by atoms with Crippen LogP contribution in [0.15, 0.2) is 104 Å². The summed E-state index contributed by atoms with van der Waals surface area (Å²) in [7, 11) is 1.66. The minimum atomic E-state index is -1.28. The molecule has 0 aliphatic carbocycles. The highest BCUT2D eigenvalue weighted by atomic mass is 16.5. The largest absolute Gasteiger partial charge is 0.507 e. The third-order valence-electron chi connectivity index (χ3n) is 10.9. The van der Waals surface area contributed by atoms with Gasteiger partial charge in [0.1, 0.15) is 28.4 Å². The lowest BCUT2D eigenvalue weighted by Crippen LogP contribution is -2.54. The molecule has 0 amide bonds. The van der Waals surface area contributed by atoms with Crippen molar-refractivity contribution >= 4 is 44.4 Å². The Kier molecular flexibility index (Phi) is 9.74. The van der Waals surface area contributed by atoms with Gasteiger partial charge in [0.2, 0.25) is 0 Å². The first-order valence-electron chi connectivity index (χ1n) is 17.5. The number of carboxylic acid groups (broad SMARTS) is 2. The molecule has 5 N–H and O–H groups in total. The second-order valence-electron chi connectivity index (χ2n) is 13.7. The van der Waals surface area contributed by atoms with Crippen molar-refractivity contribution in [2.75, 3.05) is 20.2 Å². The number of rotatable bonds is 8. The Morgan fingerprint density at radius 3 is 2.02 bits per heavy atom. The van der Waals surface area contributed by atoms with Crippen molar-refractivity contribution in [1.29, 1.82) is 0 Å². The molecule has 3 aliphatic heterocycles. The lowest BCUT2D eigenvalue weighted by Gasteiger charge is -2.50. The van der Waals surface area contributed by atoms with Crippen molar-refractivity contribution in [3.8, 4) is 17.2 Å². The van der Waals surface area contributed by atoms with Crippen LogP contribution in [0.1, 0.15) is 56.4 Å². The van der Waals surface area contributed by atoms with E-state index in [1.54, 1.807) is 61.8 Å². The number of benzene rings is 5. The molecule has 9 rings (SSSR count). The quantitative estimate of drug-likeness (QED) is 0.0997. The van der Waals surface area contributed by atoms with Crippen LogP contribution in [-0.4, -0.2) is 73.6 Å². The van der Waals surface area contributed by atoms with Gasteiger partial charge in [-0.25, -0.2) is 9.59 Å². The molecule has 3 saturated heterocycles.